The molecule has 4 nitrogen and oxygen atoms in total. The van der Waals surface area contributed by atoms with Crippen LogP contribution in [0.25, 0.3) is 0 Å². The molecule has 22 heavy (non-hydrogen) atoms. The molecule has 0 saturated heterocycles. The van der Waals surface area contributed by atoms with E-state index in [0.717, 1.165) is 6.42 Å². The lowest BCUT2D eigenvalue weighted by Gasteiger charge is -2.27. The predicted octanol–water partition coefficient (Wildman–Crippen LogP) is 3.29. The van der Waals surface area contributed by atoms with Crippen molar-refractivity contribution in [2.45, 2.75) is 39.3 Å². The van der Waals surface area contributed by atoms with Crippen LogP contribution in [-0.4, -0.2) is 5.54 Å². The molecule has 0 spiro atoms. The number of nitrogens with one attached hydrogen (secondary N) is 2. The first-order valence-electron chi connectivity index (χ1n) is 7.04. The molecule has 0 unspecified atom stereocenters. The minimum absolute atomic E-state index is 0.241. The van der Waals surface area contributed by atoms with Gasteiger partial charge in [-0.2, -0.15) is 0 Å². The summed E-state index contributed by atoms with van der Waals surface area (Å²) in [5, 5.41) is 6.27. The third kappa shape index (κ3) is 3.30. The quantitative estimate of drug-likeness (QED) is 0.801. The van der Waals surface area contributed by atoms with Crippen LogP contribution in [0.2, 0.25) is 5.02 Å². The SMILES string of the molecule is CCC(C)(C)Nc1c(NCc2ccc(F)cc2Cl)c(=O)c1=O. The molecular weight excluding hydrogens is 307 g/mol. The number of anilines is 2. The van der Waals surface area contributed by atoms with Gasteiger partial charge in [0.2, 0.25) is 0 Å². The molecule has 0 aliphatic heterocycles. The van der Waals surface area contributed by atoms with Crippen LogP contribution < -0.4 is 21.5 Å². The molecular formula is C16H18ClFN2O2. The third-order valence-corrected chi connectivity index (χ3v) is 4.08. The van der Waals surface area contributed by atoms with E-state index in [1.165, 1.54) is 12.1 Å². The zero-order chi connectivity index (χ0) is 16.5. The maximum absolute atomic E-state index is 13.0. The van der Waals surface area contributed by atoms with Crippen molar-refractivity contribution < 1.29 is 4.39 Å². The molecule has 0 radical (unpaired) electrons. The minimum atomic E-state index is -0.548. The second-order valence-electron chi connectivity index (χ2n) is 5.86. The number of halogens is 2. The number of rotatable bonds is 6. The van der Waals surface area contributed by atoms with Crippen LogP contribution >= 0.6 is 11.6 Å². The van der Waals surface area contributed by atoms with Crippen molar-refractivity contribution in [2.75, 3.05) is 10.6 Å². The van der Waals surface area contributed by atoms with Crippen molar-refractivity contribution >= 4 is 23.0 Å². The summed E-state index contributed by atoms with van der Waals surface area (Å²) in [5.41, 5.74) is -0.146. The second-order valence-corrected chi connectivity index (χ2v) is 6.27. The summed E-state index contributed by atoms with van der Waals surface area (Å²) >= 11 is 5.94. The van der Waals surface area contributed by atoms with Crippen LogP contribution in [-0.2, 0) is 6.54 Å². The maximum atomic E-state index is 13.0. The van der Waals surface area contributed by atoms with Gasteiger partial charge >= 0.3 is 0 Å². The Bertz CT molecular complexity index is 764. The lowest BCUT2D eigenvalue weighted by atomic mass is 10.00. The average molecular weight is 325 g/mol. The fraction of sp³-hybridized carbons (Fsp3) is 0.375. The molecule has 0 aromatic heterocycles. The second kappa shape index (κ2) is 6.08. The predicted molar refractivity (Wildman–Crippen MR) is 88.1 cm³/mol. The fourth-order valence-electron chi connectivity index (χ4n) is 1.95. The van der Waals surface area contributed by atoms with Gasteiger partial charge in [-0.05, 0) is 38.0 Å². The Labute approximate surface area is 133 Å². The third-order valence-electron chi connectivity index (χ3n) is 3.73. The highest BCUT2D eigenvalue weighted by Crippen LogP contribution is 2.23. The van der Waals surface area contributed by atoms with Gasteiger partial charge in [-0.25, -0.2) is 4.39 Å². The van der Waals surface area contributed by atoms with Gasteiger partial charge in [0.15, 0.2) is 0 Å². The Morgan fingerprint density at radius 2 is 1.82 bits per heavy atom. The van der Waals surface area contributed by atoms with E-state index in [2.05, 4.69) is 10.6 Å². The maximum Gasteiger partial charge on any atom is 0.253 e. The largest absolute Gasteiger partial charge is 0.376 e. The van der Waals surface area contributed by atoms with Gasteiger partial charge in [-0.3, -0.25) is 9.59 Å². The van der Waals surface area contributed by atoms with Crippen molar-refractivity contribution in [3.63, 3.8) is 0 Å². The van der Waals surface area contributed by atoms with Crippen molar-refractivity contribution in [1.29, 1.82) is 0 Å². The van der Waals surface area contributed by atoms with E-state index in [0.29, 0.717) is 11.3 Å². The lowest BCUT2D eigenvalue weighted by molar-refractivity contribution is 0.546. The Kier molecular flexibility index (Phi) is 4.56. The summed E-state index contributed by atoms with van der Waals surface area (Å²) in [6.45, 7) is 6.13. The van der Waals surface area contributed by atoms with E-state index in [1.807, 2.05) is 20.8 Å². The van der Waals surface area contributed by atoms with E-state index < -0.39 is 16.7 Å². The zero-order valence-corrected chi connectivity index (χ0v) is 13.5. The summed E-state index contributed by atoms with van der Waals surface area (Å²) in [4.78, 5) is 23.4. The summed E-state index contributed by atoms with van der Waals surface area (Å²) < 4.78 is 13.0. The van der Waals surface area contributed by atoms with Gasteiger partial charge in [0, 0.05) is 17.1 Å². The van der Waals surface area contributed by atoms with Gasteiger partial charge in [0.25, 0.3) is 10.9 Å². The van der Waals surface area contributed by atoms with Gasteiger partial charge in [-0.15, -0.1) is 0 Å². The molecule has 118 valence electrons. The van der Waals surface area contributed by atoms with Gasteiger partial charge in [0.1, 0.15) is 17.2 Å². The van der Waals surface area contributed by atoms with Crippen LogP contribution in [0.4, 0.5) is 15.8 Å². The summed E-state index contributed by atoms with van der Waals surface area (Å²) in [6.07, 6.45) is 0.801. The summed E-state index contributed by atoms with van der Waals surface area (Å²) in [6, 6.07) is 4.05. The molecule has 0 aliphatic carbocycles. The van der Waals surface area contributed by atoms with Crippen molar-refractivity contribution in [1.82, 2.24) is 0 Å². The highest BCUT2D eigenvalue weighted by atomic mass is 35.5. The van der Waals surface area contributed by atoms with E-state index in [4.69, 9.17) is 11.6 Å². The molecule has 2 N–H and O–H groups in total. The van der Waals surface area contributed by atoms with Crippen LogP contribution in [0.15, 0.2) is 27.8 Å². The van der Waals surface area contributed by atoms with Crippen LogP contribution in [0.1, 0.15) is 32.8 Å². The van der Waals surface area contributed by atoms with Crippen molar-refractivity contribution in [2.24, 2.45) is 0 Å². The molecule has 0 fully saturated rings. The monoisotopic (exact) mass is 324 g/mol. The Balaban J connectivity index is 2.16. The van der Waals surface area contributed by atoms with Crippen LogP contribution in [0.5, 0.6) is 0 Å². The first-order valence-corrected chi connectivity index (χ1v) is 7.42. The van der Waals surface area contributed by atoms with E-state index in [-0.39, 0.29) is 22.8 Å². The smallest absolute Gasteiger partial charge is 0.253 e. The highest BCUT2D eigenvalue weighted by molar-refractivity contribution is 6.31. The van der Waals surface area contributed by atoms with Gasteiger partial charge in [-0.1, -0.05) is 24.6 Å². The average Bonchev–Trinajstić information content (AvgIpc) is 2.47. The topological polar surface area (TPSA) is 58.2 Å². The van der Waals surface area contributed by atoms with Crippen molar-refractivity contribution in [3.8, 4) is 0 Å². The normalized spacial score (nSPS) is 11.7. The fourth-order valence-corrected chi connectivity index (χ4v) is 2.19. The zero-order valence-electron chi connectivity index (χ0n) is 12.7. The molecule has 6 heteroatoms. The molecule has 0 aliphatic rings. The molecule has 0 atom stereocenters. The molecule has 2 aromatic rings. The molecule has 0 amide bonds. The van der Waals surface area contributed by atoms with Crippen LogP contribution in [0.3, 0.4) is 0 Å². The molecule has 0 bridgehead atoms. The van der Waals surface area contributed by atoms with Gasteiger partial charge in [0.05, 0.1) is 0 Å². The lowest BCUT2D eigenvalue weighted by Crippen LogP contribution is -2.42. The van der Waals surface area contributed by atoms with E-state index in [9.17, 15) is 14.0 Å². The summed E-state index contributed by atoms with van der Waals surface area (Å²) in [7, 11) is 0. The Morgan fingerprint density at radius 3 is 2.41 bits per heavy atom. The summed E-state index contributed by atoms with van der Waals surface area (Å²) in [5.74, 6) is -0.421. The number of hydrogen-bond donors (Lipinski definition) is 2. The first-order chi connectivity index (χ1) is 10.2. The standard InChI is InChI=1S/C16H18ClFN2O2/c1-4-16(2,3)20-13-12(14(21)15(13)22)19-8-9-5-6-10(18)7-11(9)17/h5-7,19-20H,4,8H2,1-3H3. The van der Waals surface area contributed by atoms with E-state index in [1.54, 1.807) is 6.07 Å². The Morgan fingerprint density at radius 1 is 1.18 bits per heavy atom. The van der Waals surface area contributed by atoms with Gasteiger partial charge < -0.3 is 10.6 Å². The minimum Gasteiger partial charge on any atom is -0.376 e. The number of benzene rings is 1. The molecule has 2 rings (SSSR count). The molecule has 2 aromatic carbocycles. The Hall–Kier alpha value is -1.88. The first kappa shape index (κ1) is 16.5. The molecule has 0 heterocycles. The van der Waals surface area contributed by atoms with Crippen molar-refractivity contribution in [3.05, 3.63) is 55.0 Å². The number of hydrogen-bond acceptors (Lipinski definition) is 4. The van der Waals surface area contributed by atoms with Crippen LogP contribution in [0, 0.1) is 5.82 Å². The van der Waals surface area contributed by atoms with E-state index >= 15 is 0 Å². The molecule has 0 saturated carbocycles. The highest BCUT2D eigenvalue weighted by Gasteiger charge is 2.25.